The predicted molar refractivity (Wildman–Crippen MR) is 116 cm³/mol. The van der Waals surface area contributed by atoms with Crippen molar-refractivity contribution in [2.75, 3.05) is 11.4 Å². The van der Waals surface area contributed by atoms with Crippen molar-refractivity contribution in [2.45, 2.75) is 24.8 Å². The van der Waals surface area contributed by atoms with Crippen LogP contribution in [0.3, 0.4) is 0 Å². The van der Waals surface area contributed by atoms with Gasteiger partial charge in [-0.1, -0.05) is 42.5 Å². The molecule has 0 saturated carbocycles. The molecule has 1 N–H and O–H groups in total. The first-order chi connectivity index (χ1) is 13.8. The SMILES string of the molecule is Cc1ccccc1C(C)NC(=O)c1ccc(N(C)S(=O)(=O)c2ccccc2)cc1. The lowest BCUT2D eigenvalue weighted by molar-refractivity contribution is 0.0940. The molecule has 6 heteroatoms. The molecular weight excluding hydrogens is 384 g/mol. The van der Waals surface area contributed by atoms with Gasteiger partial charge in [0.1, 0.15) is 0 Å². The lowest BCUT2D eigenvalue weighted by atomic mass is 10.0. The normalized spacial score (nSPS) is 12.2. The van der Waals surface area contributed by atoms with E-state index in [0.717, 1.165) is 11.1 Å². The summed E-state index contributed by atoms with van der Waals surface area (Å²) in [4.78, 5) is 12.8. The third-order valence-electron chi connectivity index (χ3n) is 4.90. The maximum atomic E-state index is 12.7. The average Bonchev–Trinajstić information content (AvgIpc) is 2.74. The summed E-state index contributed by atoms with van der Waals surface area (Å²) in [5, 5.41) is 2.99. The summed E-state index contributed by atoms with van der Waals surface area (Å²) >= 11 is 0. The van der Waals surface area contributed by atoms with Gasteiger partial charge in [0.15, 0.2) is 0 Å². The van der Waals surface area contributed by atoms with E-state index in [1.54, 1.807) is 54.6 Å². The van der Waals surface area contributed by atoms with E-state index in [4.69, 9.17) is 0 Å². The summed E-state index contributed by atoms with van der Waals surface area (Å²) in [6.45, 7) is 3.95. The van der Waals surface area contributed by atoms with Crippen LogP contribution in [-0.4, -0.2) is 21.4 Å². The Bertz CT molecular complexity index is 1090. The predicted octanol–water partition coefficient (Wildman–Crippen LogP) is 4.31. The second-order valence-corrected chi connectivity index (χ2v) is 8.85. The molecule has 0 aliphatic heterocycles. The lowest BCUT2D eigenvalue weighted by Gasteiger charge is -2.20. The van der Waals surface area contributed by atoms with Gasteiger partial charge in [-0.3, -0.25) is 9.10 Å². The number of nitrogens with one attached hydrogen (secondary N) is 1. The summed E-state index contributed by atoms with van der Waals surface area (Å²) in [6.07, 6.45) is 0. The van der Waals surface area contributed by atoms with E-state index >= 15 is 0 Å². The Morgan fingerprint density at radius 1 is 0.897 bits per heavy atom. The van der Waals surface area contributed by atoms with Crippen LogP contribution in [0.1, 0.15) is 34.5 Å². The number of sulfonamides is 1. The highest BCUT2D eigenvalue weighted by molar-refractivity contribution is 7.92. The number of aryl methyl sites for hydroxylation is 1. The number of anilines is 1. The number of nitrogens with zero attached hydrogens (tertiary/aromatic N) is 1. The molecule has 1 atom stereocenters. The Hall–Kier alpha value is -3.12. The molecule has 0 fully saturated rings. The molecule has 29 heavy (non-hydrogen) atoms. The second kappa shape index (κ2) is 8.49. The van der Waals surface area contributed by atoms with E-state index in [9.17, 15) is 13.2 Å². The molecule has 3 aromatic carbocycles. The molecule has 0 saturated heterocycles. The Labute approximate surface area is 172 Å². The summed E-state index contributed by atoms with van der Waals surface area (Å²) in [7, 11) is -2.15. The van der Waals surface area contributed by atoms with Crippen LogP contribution in [0, 0.1) is 6.92 Å². The Kier molecular flexibility index (Phi) is 6.03. The number of benzene rings is 3. The first-order valence-electron chi connectivity index (χ1n) is 9.31. The van der Waals surface area contributed by atoms with Crippen LogP contribution in [0.4, 0.5) is 5.69 Å². The smallest absolute Gasteiger partial charge is 0.264 e. The number of amides is 1. The van der Waals surface area contributed by atoms with Crippen molar-refractivity contribution in [2.24, 2.45) is 0 Å². The van der Waals surface area contributed by atoms with Gasteiger partial charge in [-0.25, -0.2) is 8.42 Å². The highest BCUT2D eigenvalue weighted by Gasteiger charge is 2.21. The number of carbonyl (C=O) groups excluding carboxylic acids is 1. The van der Waals surface area contributed by atoms with E-state index in [1.165, 1.54) is 11.4 Å². The molecule has 5 nitrogen and oxygen atoms in total. The Morgan fingerprint density at radius 2 is 1.48 bits per heavy atom. The van der Waals surface area contributed by atoms with Crippen LogP contribution in [0.2, 0.25) is 0 Å². The van der Waals surface area contributed by atoms with Crippen molar-refractivity contribution in [3.05, 3.63) is 95.6 Å². The second-order valence-electron chi connectivity index (χ2n) is 6.88. The molecule has 0 spiro atoms. The maximum Gasteiger partial charge on any atom is 0.264 e. The van der Waals surface area contributed by atoms with Crippen LogP contribution in [0.5, 0.6) is 0 Å². The molecule has 0 radical (unpaired) electrons. The Balaban J connectivity index is 1.74. The van der Waals surface area contributed by atoms with Gasteiger partial charge < -0.3 is 5.32 Å². The fourth-order valence-corrected chi connectivity index (χ4v) is 4.36. The molecule has 0 aromatic heterocycles. The van der Waals surface area contributed by atoms with Gasteiger partial charge in [0.2, 0.25) is 0 Å². The summed E-state index contributed by atoms with van der Waals surface area (Å²) < 4.78 is 26.7. The summed E-state index contributed by atoms with van der Waals surface area (Å²) in [5.74, 6) is -0.208. The lowest BCUT2D eigenvalue weighted by Crippen LogP contribution is -2.28. The van der Waals surface area contributed by atoms with Crippen molar-refractivity contribution in [1.29, 1.82) is 0 Å². The fourth-order valence-electron chi connectivity index (χ4n) is 3.14. The first kappa shape index (κ1) is 20.6. The molecular formula is C23H24N2O3S. The van der Waals surface area contributed by atoms with Gasteiger partial charge in [-0.15, -0.1) is 0 Å². The summed E-state index contributed by atoms with van der Waals surface area (Å²) in [6, 6.07) is 22.6. The van der Waals surface area contributed by atoms with Gasteiger partial charge in [0.05, 0.1) is 16.6 Å². The van der Waals surface area contributed by atoms with Gasteiger partial charge in [0.25, 0.3) is 15.9 Å². The fraction of sp³-hybridized carbons (Fsp3) is 0.174. The third-order valence-corrected chi connectivity index (χ3v) is 6.70. The van der Waals surface area contributed by atoms with Crippen molar-refractivity contribution < 1.29 is 13.2 Å². The van der Waals surface area contributed by atoms with Crippen LogP contribution >= 0.6 is 0 Å². The summed E-state index contributed by atoms with van der Waals surface area (Å²) in [5.41, 5.74) is 3.13. The minimum atomic E-state index is -3.65. The van der Waals surface area contributed by atoms with Gasteiger partial charge >= 0.3 is 0 Å². The first-order valence-corrected chi connectivity index (χ1v) is 10.7. The number of hydrogen-bond acceptors (Lipinski definition) is 3. The topological polar surface area (TPSA) is 66.5 Å². The zero-order valence-corrected chi connectivity index (χ0v) is 17.5. The molecule has 0 aliphatic carbocycles. The minimum Gasteiger partial charge on any atom is -0.346 e. The van der Waals surface area contributed by atoms with Crippen molar-refractivity contribution in [3.8, 4) is 0 Å². The van der Waals surface area contributed by atoms with Gasteiger partial charge in [0, 0.05) is 12.6 Å². The van der Waals surface area contributed by atoms with Gasteiger partial charge in [-0.2, -0.15) is 0 Å². The number of hydrogen-bond donors (Lipinski definition) is 1. The largest absolute Gasteiger partial charge is 0.346 e. The molecule has 0 aliphatic rings. The van der Waals surface area contributed by atoms with Crippen molar-refractivity contribution >= 4 is 21.6 Å². The van der Waals surface area contributed by atoms with E-state index in [2.05, 4.69) is 5.32 Å². The zero-order valence-electron chi connectivity index (χ0n) is 16.7. The molecule has 3 rings (SSSR count). The van der Waals surface area contributed by atoms with E-state index in [0.29, 0.717) is 11.3 Å². The van der Waals surface area contributed by atoms with E-state index < -0.39 is 10.0 Å². The standard InChI is InChI=1S/C23H24N2O3S/c1-17-9-7-8-12-22(17)18(2)24-23(26)19-13-15-20(16-14-19)25(3)29(27,28)21-10-5-4-6-11-21/h4-16,18H,1-3H3,(H,24,26). The van der Waals surface area contributed by atoms with Crippen LogP contribution < -0.4 is 9.62 Å². The van der Waals surface area contributed by atoms with E-state index in [1.807, 2.05) is 38.1 Å². The Morgan fingerprint density at radius 3 is 2.10 bits per heavy atom. The zero-order chi connectivity index (χ0) is 21.0. The molecule has 150 valence electrons. The monoisotopic (exact) mass is 408 g/mol. The molecule has 1 unspecified atom stereocenters. The number of rotatable bonds is 6. The highest BCUT2D eigenvalue weighted by Crippen LogP contribution is 2.23. The maximum absolute atomic E-state index is 12.7. The van der Waals surface area contributed by atoms with Gasteiger partial charge in [-0.05, 0) is 61.4 Å². The van der Waals surface area contributed by atoms with Crippen molar-refractivity contribution in [3.63, 3.8) is 0 Å². The quantitative estimate of drug-likeness (QED) is 0.661. The number of carbonyl (C=O) groups is 1. The van der Waals surface area contributed by atoms with Crippen LogP contribution in [0.25, 0.3) is 0 Å². The molecule has 1 amide bonds. The highest BCUT2D eigenvalue weighted by atomic mass is 32.2. The van der Waals surface area contributed by atoms with Crippen LogP contribution in [-0.2, 0) is 10.0 Å². The average molecular weight is 409 g/mol. The van der Waals surface area contributed by atoms with Crippen molar-refractivity contribution in [1.82, 2.24) is 5.32 Å². The van der Waals surface area contributed by atoms with E-state index in [-0.39, 0.29) is 16.8 Å². The van der Waals surface area contributed by atoms with Crippen LogP contribution in [0.15, 0.2) is 83.8 Å². The third kappa shape index (κ3) is 4.49. The minimum absolute atomic E-state index is 0.135. The molecule has 3 aromatic rings. The molecule has 0 bridgehead atoms. The molecule has 0 heterocycles.